The number of aromatic nitrogens is 2. The summed E-state index contributed by atoms with van der Waals surface area (Å²) in [4.78, 5) is 0. The summed E-state index contributed by atoms with van der Waals surface area (Å²) in [6.07, 6.45) is 4.52. The standard InChI is InChI=1S/C12H18N2O3S/c1-12(4-5-18(16,17)8-12)14-11(9-2-3-9)10(7-15)6-13-14/h6,9,15H,2-5,7-8H2,1H3. The van der Waals surface area contributed by atoms with Gasteiger partial charge >= 0.3 is 0 Å². The van der Waals surface area contributed by atoms with Gasteiger partial charge in [-0.15, -0.1) is 0 Å². The lowest BCUT2D eigenvalue weighted by Crippen LogP contribution is -2.34. The quantitative estimate of drug-likeness (QED) is 0.881. The van der Waals surface area contributed by atoms with Crippen molar-refractivity contribution in [2.75, 3.05) is 11.5 Å². The Hall–Kier alpha value is -0.880. The lowest BCUT2D eigenvalue weighted by Gasteiger charge is -2.26. The maximum atomic E-state index is 11.7. The first-order valence-corrected chi connectivity index (χ1v) is 8.16. The fraction of sp³-hybridized carbons (Fsp3) is 0.750. The van der Waals surface area contributed by atoms with E-state index in [-0.39, 0.29) is 18.1 Å². The highest BCUT2D eigenvalue weighted by molar-refractivity contribution is 7.91. The van der Waals surface area contributed by atoms with Gasteiger partial charge in [0, 0.05) is 17.2 Å². The molecule has 1 saturated carbocycles. The van der Waals surface area contributed by atoms with Gasteiger partial charge in [0.2, 0.25) is 0 Å². The van der Waals surface area contributed by atoms with Crippen molar-refractivity contribution in [1.82, 2.24) is 9.78 Å². The van der Waals surface area contributed by atoms with Crippen LogP contribution in [0.4, 0.5) is 0 Å². The van der Waals surface area contributed by atoms with Gasteiger partial charge in [-0.25, -0.2) is 8.42 Å². The van der Waals surface area contributed by atoms with E-state index in [0.717, 1.165) is 24.1 Å². The molecule has 0 bridgehead atoms. The second-order valence-electron chi connectivity index (χ2n) is 5.74. The summed E-state index contributed by atoms with van der Waals surface area (Å²) in [5.74, 6) is 0.851. The molecule has 1 saturated heterocycles. The maximum absolute atomic E-state index is 11.7. The lowest BCUT2D eigenvalue weighted by atomic mass is 10.0. The van der Waals surface area contributed by atoms with Gasteiger partial charge in [0.05, 0.1) is 29.8 Å². The van der Waals surface area contributed by atoms with Crippen LogP contribution < -0.4 is 0 Å². The highest BCUT2D eigenvalue weighted by Gasteiger charge is 2.44. The Morgan fingerprint density at radius 2 is 2.28 bits per heavy atom. The van der Waals surface area contributed by atoms with Crippen LogP contribution in [0.2, 0.25) is 0 Å². The topological polar surface area (TPSA) is 72.2 Å². The Labute approximate surface area is 107 Å². The number of nitrogens with zero attached hydrogens (tertiary/aromatic N) is 2. The largest absolute Gasteiger partial charge is 0.392 e. The molecule has 1 aromatic rings. The average Bonchev–Trinajstić information content (AvgIpc) is 2.97. The third-order valence-electron chi connectivity index (χ3n) is 4.01. The van der Waals surface area contributed by atoms with E-state index in [2.05, 4.69) is 5.10 Å². The van der Waals surface area contributed by atoms with E-state index in [1.165, 1.54) is 0 Å². The predicted octanol–water partition coefficient (Wildman–Crippen LogP) is 0.786. The van der Waals surface area contributed by atoms with Crippen molar-refractivity contribution in [2.45, 2.75) is 44.2 Å². The molecule has 2 fully saturated rings. The van der Waals surface area contributed by atoms with Gasteiger partial charge in [-0.05, 0) is 26.2 Å². The van der Waals surface area contributed by atoms with Gasteiger partial charge in [-0.2, -0.15) is 5.10 Å². The van der Waals surface area contributed by atoms with Crippen LogP contribution in [0.15, 0.2) is 6.20 Å². The van der Waals surface area contributed by atoms with Crippen molar-refractivity contribution in [3.63, 3.8) is 0 Å². The molecular weight excluding hydrogens is 252 g/mol. The molecule has 0 amide bonds. The van der Waals surface area contributed by atoms with Gasteiger partial charge in [-0.1, -0.05) is 0 Å². The first-order valence-electron chi connectivity index (χ1n) is 6.34. The molecule has 2 aliphatic rings. The van der Waals surface area contributed by atoms with E-state index in [1.807, 2.05) is 11.6 Å². The molecule has 1 aliphatic heterocycles. The number of hydrogen-bond acceptors (Lipinski definition) is 4. The predicted molar refractivity (Wildman–Crippen MR) is 67.0 cm³/mol. The second-order valence-corrected chi connectivity index (χ2v) is 7.92. The van der Waals surface area contributed by atoms with E-state index >= 15 is 0 Å². The first-order chi connectivity index (χ1) is 8.45. The summed E-state index contributed by atoms with van der Waals surface area (Å²) >= 11 is 0. The molecular formula is C12H18N2O3S. The van der Waals surface area contributed by atoms with Crippen LogP contribution in [0.1, 0.15) is 43.4 Å². The third kappa shape index (κ3) is 1.87. The number of rotatable bonds is 3. The monoisotopic (exact) mass is 270 g/mol. The summed E-state index contributed by atoms with van der Waals surface area (Å²) in [6.45, 7) is 1.94. The molecule has 3 rings (SSSR count). The molecule has 1 N–H and O–H groups in total. The Morgan fingerprint density at radius 1 is 1.56 bits per heavy atom. The highest BCUT2D eigenvalue weighted by atomic mass is 32.2. The van der Waals surface area contributed by atoms with Gasteiger partial charge in [-0.3, -0.25) is 4.68 Å². The van der Waals surface area contributed by atoms with E-state index in [0.29, 0.717) is 12.3 Å². The van der Waals surface area contributed by atoms with E-state index in [4.69, 9.17) is 0 Å². The third-order valence-corrected chi connectivity index (χ3v) is 5.90. The van der Waals surface area contributed by atoms with Crippen LogP contribution >= 0.6 is 0 Å². The van der Waals surface area contributed by atoms with Crippen LogP contribution in [-0.4, -0.2) is 34.8 Å². The summed E-state index contributed by atoms with van der Waals surface area (Å²) in [5, 5.41) is 13.7. The van der Waals surface area contributed by atoms with E-state index in [1.54, 1.807) is 6.20 Å². The van der Waals surface area contributed by atoms with E-state index in [9.17, 15) is 13.5 Å². The smallest absolute Gasteiger partial charge is 0.152 e. The minimum Gasteiger partial charge on any atom is -0.392 e. The van der Waals surface area contributed by atoms with Gasteiger partial charge in [0.1, 0.15) is 0 Å². The SMILES string of the molecule is CC1(n2ncc(CO)c2C2CC2)CCS(=O)(=O)C1. The molecule has 1 unspecified atom stereocenters. The van der Waals surface area contributed by atoms with Crippen LogP contribution in [0.3, 0.4) is 0 Å². The Kier molecular flexibility index (Phi) is 2.57. The van der Waals surface area contributed by atoms with Crippen molar-refractivity contribution in [1.29, 1.82) is 0 Å². The molecule has 18 heavy (non-hydrogen) atoms. The van der Waals surface area contributed by atoms with Crippen molar-refractivity contribution >= 4 is 9.84 Å². The Bertz CT molecular complexity index is 574. The molecule has 0 aromatic carbocycles. The molecule has 100 valence electrons. The molecule has 2 heterocycles. The van der Waals surface area contributed by atoms with Crippen molar-refractivity contribution in [3.8, 4) is 0 Å². The van der Waals surface area contributed by atoms with Crippen molar-refractivity contribution < 1.29 is 13.5 Å². The fourth-order valence-corrected chi connectivity index (χ4v) is 5.01. The normalized spacial score (nSPS) is 30.8. The molecule has 1 aromatic heterocycles. The van der Waals surface area contributed by atoms with Crippen LogP contribution in [0, 0.1) is 0 Å². The summed E-state index contributed by atoms with van der Waals surface area (Å²) in [6, 6.07) is 0. The number of sulfone groups is 1. The number of aliphatic hydroxyl groups is 1. The van der Waals surface area contributed by atoms with Gasteiger partial charge < -0.3 is 5.11 Å². The Balaban J connectivity index is 2.04. The second kappa shape index (κ2) is 3.81. The van der Waals surface area contributed by atoms with Crippen molar-refractivity contribution in [2.24, 2.45) is 0 Å². The molecule has 6 heteroatoms. The molecule has 1 aliphatic carbocycles. The first kappa shape index (κ1) is 12.2. The Morgan fingerprint density at radius 3 is 2.78 bits per heavy atom. The molecule has 1 atom stereocenters. The van der Waals surface area contributed by atoms with Crippen LogP contribution in [0.25, 0.3) is 0 Å². The van der Waals surface area contributed by atoms with Crippen molar-refractivity contribution in [3.05, 3.63) is 17.5 Å². The molecule has 0 spiro atoms. The zero-order valence-corrected chi connectivity index (χ0v) is 11.3. The fourth-order valence-electron chi connectivity index (χ4n) is 2.90. The summed E-state index contributed by atoms with van der Waals surface area (Å²) in [7, 11) is -2.94. The minimum absolute atomic E-state index is 0.0192. The van der Waals surface area contributed by atoms with Gasteiger partial charge in [0.25, 0.3) is 0 Å². The summed E-state index contributed by atoms with van der Waals surface area (Å²) < 4.78 is 25.3. The average molecular weight is 270 g/mol. The van der Waals surface area contributed by atoms with E-state index < -0.39 is 15.4 Å². The zero-order chi connectivity index (χ0) is 13.0. The van der Waals surface area contributed by atoms with Crippen LogP contribution in [-0.2, 0) is 22.0 Å². The van der Waals surface area contributed by atoms with Crippen LogP contribution in [0.5, 0.6) is 0 Å². The number of hydrogen-bond donors (Lipinski definition) is 1. The highest BCUT2D eigenvalue weighted by Crippen LogP contribution is 2.44. The zero-order valence-electron chi connectivity index (χ0n) is 10.5. The van der Waals surface area contributed by atoms with Gasteiger partial charge in [0.15, 0.2) is 9.84 Å². The maximum Gasteiger partial charge on any atom is 0.152 e. The molecule has 0 radical (unpaired) electrons. The number of aliphatic hydroxyl groups excluding tert-OH is 1. The summed E-state index contributed by atoms with van der Waals surface area (Å²) in [5.41, 5.74) is 1.46. The lowest BCUT2D eigenvalue weighted by molar-refractivity contribution is 0.277. The molecule has 5 nitrogen and oxygen atoms in total. The minimum atomic E-state index is -2.94.